The zero-order valence-corrected chi connectivity index (χ0v) is 10.4. The minimum atomic E-state index is -2.37. The first kappa shape index (κ1) is 14.1. The van der Waals surface area contributed by atoms with Gasteiger partial charge in [0.25, 0.3) is 0 Å². The van der Waals surface area contributed by atoms with E-state index in [9.17, 15) is 0 Å². The van der Waals surface area contributed by atoms with Crippen LogP contribution < -0.4 is 5.73 Å². The van der Waals surface area contributed by atoms with Crippen LogP contribution in [-0.2, 0) is 13.3 Å². The summed E-state index contributed by atoms with van der Waals surface area (Å²) in [5.41, 5.74) is 5.76. The molecule has 0 aromatic rings. The highest BCUT2D eigenvalue weighted by Crippen LogP contribution is 2.17. The first-order valence-electron chi connectivity index (χ1n) is 4.84. The van der Waals surface area contributed by atoms with Gasteiger partial charge in [-0.05, 0) is 19.3 Å². The molecule has 0 aromatic heterocycles. The van der Waals surface area contributed by atoms with E-state index in [1.165, 1.54) is 0 Å². The average Bonchev–Trinajstić information content (AvgIpc) is 2.25. The number of hydrogen-bond donors (Lipinski definition) is 1. The van der Waals surface area contributed by atoms with Crippen molar-refractivity contribution in [2.24, 2.45) is 5.73 Å². The summed E-state index contributed by atoms with van der Waals surface area (Å²) in [5, 5.41) is 0. The monoisotopic (exact) mass is 220 g/mol. The normalized spacial score (nSPS) is 14.4. The van der Waals surface area contributed by atoms with Crippen LogP contribution in [0.3, 0.4) is 0 Å². The van der Waals surface area contributed by atoms with Gasteiger partial charge >= 0.3 is 8.80 Å². The molecule has 0 heterocycles. The first-order chi connectivity index (χ1) is 6.64. The van der Waals surface area contributed by atoms with Crippen molar-refractivity contribution in [1.82, 2.24) is 0 Å². The molecule has 1 atom stereocenters. The molecule has 1 unspecified atom stereocenters. The van der Waals surface area contributed by atoms with Crippen LogP contribution in [0.5, 0.6) is 0 Å². The maximum absolute atomic E-state index is 5.76. The Bertz CT molecular complexity index is 134. The lowest BCUT2D eigenvalue weighted by molar-refractivity contribution is 0.122. The molecule has 5 heteroatoms. The molecule has 0 aromatic carbocycles. The van der Waals surface area contributed by atoms with Crippen LogP contribution in [0.25, 0.3) is 0 Å². The SMILES string of the molecule is [CH2]CC(N)CCC[Si](OC)(OC)OC. The van der Waals surface area contributed by atoms with Crippen LogP contribution in [0.1, 0.15) is 19.3 Å². The molecule has 0 aliphatic carbocycles. The van der Waals surface area contributed by atoms with Gasteiger partial charge < -0.3 is 19.0 Å². The van der Waals surface area contributed by atoms with Crippen LogP contribution in [0.4, 0.5) is 0 Å². The molecular weight excluding hydrogens is 198 g/mol. The standard InChI is InChI=1S/C9H22NO3Si/c1-5-9(10)7-6-8-14(11-2,12-3)13-4/h9H,1,5-8,10H2,2-4H3. The molecule has 0 rings (SSSR count). The van der Waals surface area contributed by atoms with Gasteiger partial charge in [0.2, 0.25) is 0 Å². The molecule has 4 nitrogen and oxygen atoms in total. The lowest BCUT2D eigenvalue weighted by atomic mass is 10.1. The smallest absolute Gasteiger partial charge is 0.377 e. The zero-order chi connectivity index (χ0) is 11.0. The van der Waals surface area contributed by atoms with Crippen LogP contribution in [0.2, 0.25) is 6.04 Å². The average molecular weight is 220 g/mol. The third-order valence-corrected chi connectivity index (χ3v) is 5.19. The van der Waals surface area contributed by atoms with Gasteiger partial charge in [0.15, 0.2) is 0 Å². The Hall–Kier alpha value is 0.0569. The fraction of sp³-hybridized carbons (Fsp3) is 0.889. The zero-order valence-electron chi connectivity index (χ0n) is 9.41. The van der Waals surface area contributed by atoms with Crippen molar-refractivity contribution < 1.29 is 13.3 Å². The Balaban J connectivity index is 3.82. The van der Waals surface area contributed by atoms with Crippen molar-refractivity contribution in [3.05, 3.63) is 6.92 Å². The highest BCUT2D eigenvalue weighted by Gasteiger charge is 2.36. The number of rotatable bonds is 8. The van der Waals surface area contributed by atoms with Crippen molar-refractivity contribution in [3.8, 4) is 0 Å². The van der Waals surface area contributed by atoms with E-state index in [0.717, 1.165) is 25.3 Å². The van der Waals surface area contributed by atoms with E-state index in [2.05, 4.69) is 6.92 Å². The summed E-state index contributed by atoms with van der Waals surface area (Å²) in [6.07, 6.45) is 2.66. The van der Waals surface area contributed by atoms with Gasteiger partial charge in [0, 0.05) is 33.4 Å². The topological polar surface area (TPSA) is 53.7 Å². The predicted molar refractivity (Wildman–Crippen MR) is 58.8 cm³/mol. The van der Waals surface area contributed by atoms with Crippen LogP contribution in [0, 0.1) is 6.92 Å². The largest absolute Gasteiger partial charge is 0.500 e. The quantitative estimate of drug-likeness (QED) is 0.624. The minimum absolute atomic E-state index is 0.173. The minimum Gasteiger partial charge on any atom is -0.377 e. The van der Waals surface area contributed by atoms with Crippen molar-refractivity contribution in [3.63, 3.8) is 0 Å². The van der Waals surface area contributed by atoms with Gasteiger partial charge in [-0.15, -0.1) is 0 Å². The molecule has 0 saturated heterocycles. The van der Waals surface area contributed by atoms with Crippen molar-refractivity contribution in [1.29, 1.82) is 0 Å². The van der Waals surface area contributed by atoms with E-state index in [0.29, 0.717) is 0 Å². The van der Waals surface area contributed by atoms with E-state index < -0.39 is 8.80 Å². The lowest BCUT2D eigenvalue weighted by Gasteiger charge is -2.24. The van der Waals surface area contributed by atoms with E-state index in [4.69, 9.17) is 19.0 Å². The summed E-state index contributed by atoms with van der Waals surface area (Å²) in [5.74, 6) is 0. The van der Waals surface area contributed by atoms with Gasteiger partial charge in [-0.3, -0.25) is 0 Å². The highest BCUT2D eigenvalue weighted by atomic mass is 28.4. The van der Waals surface area contributed by atoms with E-state index in [1.807, 2.05) is 0 Å². The Morgan fingerprint density at radius 2 is 1.71 bits per heavy atom. The molecule has 0 amide bonds. The Kier molecular flexibility index (Phi) is 7.39. The fourth-order valence-electron chi connectivity index (χ4n) is 1.28. The van der Waals surface area contributed by atoms with Gasteiger partial charge in [-0.2, -0.15) is 0 Å². The third kappa shape index (κ3) is 4.52. The molecule has 0 saturated carbocycles. The maximum atomic E-state index is 5.76. The molecule has 1 radical (unpaired) electrons. The summed E-state index contributed by atoms with van der Waals surface area (Å²) in [6, 6.07) is 0.983. The molecular formula is C9H22NO3Si. The van der Waals surface area contributed by atoms with Crippen molar-refractivity contribution in [2.75, 3.05) is 21.3 Å². The number of nitrogens with two attached hydrogens (primary N) is 1. The second kappa shape index (κ2) is 7.36. The summed E-state index contributed by atoms with van der Waals surface area (Å²) < 4.78 is 15.9. The van der Waals surface area contributed by atoms with Crippen LogP contribution in [0.15, 0.2) is 0 Å². The Morgan fingerprint density at radius 3 is 2.07 bits per heavy atom. The molecule has 0 fully saturated rings. The van der Waals surface area contributed by atoms with Crippen LogP contribution in [-0.4, -0.2) is 36.2 Å². The van der Waals surface area contributed by atoms with E-state index in [1.54, 1.807) is 21.3 Å². The number of hydrogen-bond acceptors (Lipinski definition) is 4. The lowest BCUT2D eigenvalue weighted by Crippen LogP contribution is -2.42. The summed E-state index contributed by atoms with van der Waals surface area (Å²) in [7, 11) is 2.50. The van der Waals surface area contributed by atoms with Gasteiger partial charge in [0.05, 0.1) is 0 Å². The molecule has 14 heavy (non-hydrogen) atoms. The highest BCUT2D eigenvalue weighted by molar-refractivity contribution is 6.60. The molecule has 2 N–H and O–H groups in total. The van der Waals surface area contributed by atoms with E-state index in [-0.39, 0.29) is 6.04 Å². The Labute approximate surface area is 88.1 Å². The molecule has 0 spiro atoms. The van der Waals surface area contributed by atoms with Crippen molar-refractivity contribution >= 4 is 8.80 Å². The fourth-order valence-corrected chi connectivity index (χ4v) is 3.03. The summed E-state index contributed by atoms with van der Waals surface area (Å²) in [6.45, 7) is 3.75. The summed E-state index contributed by atoms with van der Waals surface area (Å²) >= 11 is 0. The third-order valence-electron chi connectivity index (χ3n) is 2.36. The second-order valence-electron chi connectivity index (χ2n) is 3.24. The first-order valence-corrected chi connectivity index (χ1v) is 6.77. The van der Waals surface area contributed by atoms with Crippen LogP contribution >= 0.6 is 0 Å². The molecule has 0 aliphatic rings. The van der Waals surface area contributed by atoms with Gasteiger partial charge in [-0.1, -0.05) is 6.92 Å². The van der Waals surface area contributed by atoms with Gasteiger partial charge in [-0.25, -0.2) is 0 Å². The Morgan fingerprint density at radius 1 is 1.21 bits per heavy atom. The maximum Gasteiger partial charge on any atom is 0.500 e. The van der Waals surface area contributed by atoms with Gasteiger partial charge in [0.1, 0.15) is 0 Å². The van der Waals surface area contributed by atoms with E-state index >= 15 is 0 Å². The summed E-state index contributed by atoms with van der Waals surface area (Å²) in [4.78, 5) is 0. The molecule has 0 bridgehead atoms. The molecule has 0 aliphatic heterocycles. The van der Waals surface area contributed by atoms with Crippen molar-refractivity contribution in [2.45, 2.75) is 31.3 Å². The predicted octanol–water partition coefficient (Wildman–Crippen LogP) is 1.20. The molecule has 85 valence electrons. The second-order valence-corrected chi connectivity index (χ2v) is 6.33.